The summed E-state index contributed by atoms with van der Waals surface area (Å²) in [6.45, 7) is 10.5. The third-order valence-corrected chi connectivity index (χ3v) is 9.23. The van der Waals surface area contributed by atoms with Gasteiger partial charge in [-0.05, 0) is 97.9 Å². The number of likely N-dealkylation sites (tertiary alicyclic amines) is 1. The van der Waals surface area contributed by atoms with E-state index in [2.05, 4.69) is 64.8 Å². The molecule has 1 aromatic carbocycles. The van der Waals surface area contributed by atoms with Crippen LogP contribution in [-0.4, -0.2) is 71.9 Å². The number of nitrogens with zero attached hydrogens (tertiary/aromatic N) is 5. The lowest BCUT2D eigenvalue weighted by atomic mass is 9.87. The second-order valence-electron chi connectivity index (χ2n) is 11.1. The highest BCUT2D eigenvalue weighted by Crippen LogP contribution is 2.44. The number of hydrogen-bond donors (Lipinski definition) is 3. The lowest BCUT2D eigenvalue weighted by Gasteiger charge is -2.31. The van der Waals surface area contributed by atoms with Crippen LogP contribution in [-0.2, 0) is 9.59 Å². The van der Waals surface area contributed by atoms with E-state index in [4.69, 9.17) is 11.5 Å². The van der Waals surface area contributed by atoms with Gasteiger partial charge in [-0.15, -0.1) is 0 Å². The molecule has 0 bridgehead atoms. The van der Waals surface area contributed by atoms with Gasteiger partial charge in [-0.25, -0.2) is 9.50 Å². The molecule has 0 aliphatic carbocycles. The van der Waals surface area contributed by atoms with Crippen molar-refractivity contribution < 1.29 is 14.7 Å². The number of nitrogens with two attached hydrogens (primary N) is 2. The molecule has 4 aromatic rings. The minimum absolute atomic E-state index is 0.200. The molecule has 1 aliphatic heterocycles. The normalized spacial score (nSPS) is 15.8. The van der Waals surface area contributed by atoms with Gasteiger partial charge < -0.3 is 16.6 Å². The van der Waals surface area contributed by atoms with Crippen LogP contribution in [0.5, 0.6) is 0 Å². The molecule has 10 nitrogen and oxygen atoms in total. The van der Waals surface area contributed by atoms with Gasteiger partial charge >= 0.3 is 5.97 Å². The van der Waals surface area contributed by atoms with Gasteiger partial charge in [-0.3, -0.25) is 18.5 Å². The molecule has 40 heavy (non-hydrogen) atoms. The summed E-state index contributed by atoms with van der Waals surface area (Å²) in [5, 5.41) is 15.1. The summed E-state index contributed by atoms with van der Waals surface area (Å²) in [6, 6.07) is 5.68. The van der Waals surface area contributed by atoms with Gasteiger partial charge in [0.1, 0.15) is 12.4 Å². The average molecular weight is 564 g/mol. The number of carboxylic acids is 1. The van der Waals surface area contributed by atoms with Crippen LogP contribution in [0.3, 0.4) is 0 Å². The van der Waals surface area contributed by atoms with E-state index in [1.807, 2.05) is 10.7 Å². The van der Waals surface area contributed by atoms with E-state index in [-0.39, 0.29) is 17.6 Å². The summed E-state index contributed by atoms with van der Waals surface area (Å²) in [7, 11) is 0. The van der Waals surface area contributed by atoms with Crippen molar-refractivity contribution >= 4 is 40.4 Å². The molecular formula is C29H37N7O3S. The SMILES string of the molecule is Cc1c(-c2c(C(C)C)c3cc(C4CCN(CC(N)=O)CC4)ccc3n2SC[C@H](N)C(=O)O)cn2ncnc2c1C. The minimum atomic E-state index is -1.02. The van der Waals surface area contributed by atoms with E-state index < -0.39 is 12.0 Å². The smallest absolute Gasteiger partial charge is 0.321 e. The summed E-state index contributed by atoms with van der Waals surface area (Å²) in [6.07, 6.45) is 5.51. The molecule has 4 heterocycles. The first-order chi connectivity index (χ1) is 19.1. The van der Waals surface area contributed by atoms with Crippen molar-refractivity contribution in [3.8, 4) is 11.3 Å². The van der Waals surface area contributed by atoms with Crippen molar-refractivity contribution in [2.75, 3.05) is 25.4 Å². The largest absolute Gasteiger partial charge is 0.480 e. The van der Waals surface area contributed by atoms with Crippen molar-refractivity contribution in [1.82, 2.24) is 23.5 Å². The topological polar surface area (TPSA) is 145 Å². The highest BCUT2D eigenvalue weighted by molar-refractivity contribution is 7.98. The number of hydrogen-bond acceptors (Lipinski definition) is 7. The van der Waals surface area contributed by atoms with E-state index in [1.54, 1.807) is 6.33 Å². The van der Waals surface area contributed by atoms with Crippen LogP contribution in [0.15, 0.2) is 30.7 Å². The number of piperidine rings is 1. The number of amides is 1. The molecule has 1 atom stereocenters. The monoisotopic (exact) mass is 563 g/mol. The zero-order valence-electron chi connectivity index (χ0n) is 23.4. The quantitative estimate of drug-likeness (QED) is 0.280. The lowest BCUT2D eigenvalue weighted by molar-refractivity contribution is -0.137. The van der Waals surface area contributed by atoms with Crippen molar-refractivity contribution in [2.45, 2.75) is 58.4 Å². The van der Waals surface area contributed by atoms with E-state index in [0.29, 0.717) is 12.5 Å². The maximum absolute atomic E-state index is 11.6. The Balaban J connectivity index is 1.66. The Bertz CT molecular complexity index is 1580. The van der Waals surface area contributed by atoms with Crippen molar-refractivity contribution in [2.24, 2.45) is 11.5 Å². The number of benzene rings is 1. The number of aromatic nitrogens is 4. The fraction of sp³-hybridized carbons (Fsp3) is 0.448. The third-order valence-electron chi connectivity index (χ3n) is 8.09. The molecule has 0 radical (unpaired) electrons. The number of carboxylic acid groups (broad SMARTS) is 1. The Kier molecular flexibility index (Phi) is 7.89. The average Bonchev–Trinajstić information content (AvgIpc) is 3.51. The minimum Gasteiger partial charge on any atom is -0.480 e. The number of rotatable bonds is 9. The Labute approximate surface area is 237 Å². The number of pyridine rings is 1. The molecule has 0 spiro atoms. The van der Waals surface area contributed by atoms with E-state index in [9.17, 15) is 14.7 Å². The van der Waals surface area contributed by atoms with Gasteiger partial charge in [0.15, 0.2) is 5.65 Å². The standard InChI is InChI=1S/C29H37N7O3S/c1-16(2)26-21-11-20(19-7-9-34(10-8-19)13-25(31)37)5-6-24(21)36(40-14-23(30)29(38)39)27(26)22-12-35-28(32-15-33-35)18(4)17(22)3/h5-6,11-12,15-16,19,23H,7-10,13-14,30H2,1-4H3,(H2,31,37)(H,38,39)/t23-/m0/s1. The number of fused-ring (bicyclic) bond motifs is 2. The van der Waals surface area contributed by atoms with Crippen molar-refractivity contribution in [3.63, 3.8) is 0 Å². The molecule has 1 fully saturated rings. The van der Waals surface area contributed by atoms with Gasteiger partial charge in [0.05, 0.1) is 17.8 Å². The van der Waals surface area contributed by atoms with Crippen molar-refractivity contribution in [1.29, 1.82) is 0 Å². The van der Waals surface area contributed by atoms with E-state index in [1.165, 1.54) is 23.1 Å². The second kappa shape index (κ2) is 11.2. The summed E-state index contributed by atoms with van der Waals surface area (Å²) in [5.74, 6) is -0.483. The zero-order chi connectivity index (χ0) is 28.7. The first-order valence-electron chi connectivity index (χ1n) is 13.7. The third kappa shape index (κ3) is 5.21. The zero-order valence-corrected chi connectivity index (χ0v) is 24.2. The highest BCUT2D eigenvalue weighted by Gasteiger charge is 2.27. The van der Waals surface area contributed by atoms with E-state index in [0.717, 1.165) is 64.9 Å². The first-order valence-corrected chi connectivity index (χ1v) is 14.6. The second-order valence-corrected chi connectivity index (χ2v) is 12.0. The summed E-state index contributed by atoms with van der Waals surface area (Å²) in [4.78, 5) is 29.5. The molecule has 5 rings (SSSR count). The van der Waals surface area contributed by atoms with Crippen LogP contribution in [0.25, 0.3) is 27.8 Å². The van der Waals surface area contributed by atoms with Gasteiger partial charge in [-0.2, -0.15) is 5.10 Å². The van der Waals surface area contributed by atoms with Gasteiger partial charge in [0.2, 0.25) is 5.91 Å². The predicted molar refractivity (Wildman–Crippen MR) is 159 cm³/mol. The lowest BCUT2D eigenvalue weighted by Crippen LogP contribution is -2.39. The molecule has 11 heteroatoms. The Morgan fingerprint density at radius 1 is 1.18 bits per heavy atom. The number of aryl methyl sites for hydroxylation is 1. The van der Waals surface area contributed by atoms with Crippen LogP contribution in [0.1, 0.15) is 60.8 Å². The van der Waals surface area contributed by atoms with Crippen LogP contribution in [0.2, 0.25) is 0 Å². The Morgan fingerprint density at radius 2 is 1.90 bits per heavy atom. The molecule has 1 aliphatic rings. The fourth-order valence-corrected chi connectivity index (χ4v) is 6.92. The van der Waals surface area contributed by atoms with E-state index >= 15 is 0 Å². The van der Waals surface area contributed by atoms with Gasteiger partial charge in [0, 0.05) is 22.9 Å². The first kappa shape index (κ1) is 28.1. The Hall–Kier alpha value is -3.41. The number of carbonyl (C=O) groups excluding carboxylic acids is 1. The molecule has 0 saturated carbocycles. The molecule has 1 amide bonds. The fourth-order valence-electron chi connectivity index (χ4n) is 5.84. The maximum atomic E-state index is 11.6. The summed E-state index contributed by atoms with van der Waals surface area (Å²) in [5.41, 5.74) is 19.9. The molecule has 3 aromatic heterocycles. The number of primary amides is 1. The van der Waals surface area contributed by atoms with Crippen LogP contribution >= 0.6 is 11.9 Å². The number of aliphatic carboxylic acids is 1. The van der Waals surface area contributed by atoms with Crippen LogP contribution in [0.4, 0.5) is 0 Å². The van der Waals surface area contributed by atoms with Gasteiger partial charge in [-0.1, -0.05) is 19.9 Å². The molecule has 5 N–H and O–H groups in total. The predicted octanol–water partition coefficient (Wildman–Crippen LogP) is 3.66. The molecule has 0 unspecified atom stereocenters. The summed E-state index contributed by atoms with van der Waals surface area (Å²) < 4.78 is 3.97. The van der Waals surface area contributed by atoms with Gasteiger partial charge in [0.25, 0.3) is 0 Å². The number of carbonyl (C=O) groups is 2. The summed E-state index contributed by atoms with van der Waals surface area (Å²) >= 11 is 1.43. The van der Waals surface area contributed by atoms with Crippen molar-refractivity contribution in [3.05, 3.63) is 53.0 Å². The molecular weight excluding hydrogens is 526 g/mol. The highest BCUT2D eigenvalue weighted by atomic mass is 32.2. The molecule has 212 valence electrons. The molecule has 1 saturated heterocycles. The maximum Gasteiger partial charge on any atom is 0.321 e. The van der Waals surface area contributed by atoms with Crippen LogP contribution < -0.4 is 11.5 Å². The van der Waals surface area contributed by atoms with Crippen LogP contribution in [0, 0.1) is 13.8 Å². The Morgan fingerprint density at radius 3 is 2.55 bits per heavy atom.